The molecule has 8 heteroatoms. The number of rotatable bonds is 4. The molecule has 2 heterocycles. The molecule has 4 N–H and O–H groups in total. The average Bonchev–Trinajstić information content (AvgIpc) is 2.77. The Morgan fingerprint density at radius 2 is 1.94 bits per heavy atom. The molecule has 1 aliphatic rings. The lowest BCUT2D eigenvalue weighted by Crippen LogP contribution is -2.21. The molecule has 6 nitrogen and oxygen atoms in total. The summed E-state index contributed by atoms with van der Waals surface area (Å²) in [5.74, 6) is -2.22. The Balaban J connectivity index is 1.67. The molecule has 0 unspecified atom stereocenters. The zero-order chi connectivity index (χ0) is 22.8. The van der Waals surface area contributed by atoms with Gasteiger partial charge >= 0.3 is 0 Å². The maximum Gasteiger partial charge on any atom is 0.276 e. The van der Waals surface area contributed by atoms with Crippen LogP contribution in [0.5, 0.6) is 0 Å². The summed E-state index contributed by atoms with van der Waals surface area (Å²) < 4.78 is 28.4. The number of benzene rings is 1. The van der Waals surface area contributed by atoms with Gasteiger partial charge in [-0.3, -0.25) is 9.78 Å². The number of amides is 1. The number of carbonyl (C=O) groups excluding carboxylic acids is 1. The zero-order valence-electron chi connectivity index (χ0n) is 17.3. The van der Waals surface area contributed by atoms with Crippen molar-refractivity contribution in [1.82, 2.24) is 9.97 Å². The van der Waals surface area contributed by atoms with E-state index in [2.05, 4.69) is 15.3 Å². The highest BCUT2D eigenvalue weighted by Gasteiger charge is 2.23. The smallest absolute Gasteiger partial charge is 0.276 e. The minimum Gasteiger partial charge on any atom is -0.397 e. The highest BCUT2D eigenvalue weighted by molar-refractivity contribution is 6.07. The number of aromatic nitrogens is 2. The summed E-state index contributed by atoms with van der Waals surface area (Å²) in [4.78, 5) is 21.2. The zero-order valence-corrected chi connectivity index (χ0v) is 17.3. The average molecular weight is 436 g/mol. The number of aliphatic hydroxyl groups is 1. The van der Waals surface area contributed by atoms with E-state index in [1.54, 1.807) is 12.3 Å². The Kier molecular flexibility index (Phi) is 5.96. The van der Waals surface area contributed by atoms with Crippen molar-refractivity contribution in [2.24, 2.45) is 5.92 Å². The number of nitrogens with one attached hydrogen (secondary N) is 1. The fourth-order valence-corrected chi connectivity index (χ4v) is 3.79. The second-order valence-corrected chi connectivity index (χ2v) is 7.76. The van der Waals surface area contributed by atoms with Gasteiger partial charge in [0.25, 0.3) is 5.91 Å². The highest BCUT2D eigenvalue weighted by Crippen LogP contribution is 2.34. The molecule has 4 rings (SSSR count). The van der Waals surface area contributed by atoms with Gasteiger partial charge in [0.2, 0.25) is 0 Å². The van der Waals surface area contributed by atoms with E-state index in [1.807, 2.05) is 13.0 Å². The third-order valence-electron chi connectivity index (χ3n) is 5.56. The first kappa shape index (κ1) is 21.6. The molecule has 1 aliphatic carbocycles. The van der Waals surface area contributed by atoms with Crippen LogP contribution in [-0.4, -0.2) is 27.1 Å². The van der Waals surface area contributed by atoms with Gasteiger partial charge in [0.05, 0.1) is 34.9 Å². The monoisotopic (exact) mass is 436 g/mol. The molecular weight excluding hydrogens is 414 g/mol. The van der Waals surface area contributed by atoms with Gasteiger partial charge < -0.3 is 16.2 Å². The Morgan fingerprint density at radius 3 is 2.66 bits per heavy atom. The maximum absolute atomic E-state index is 14.2. The van der Waals surface area contributed by atoms with Gasteiger partial charge in [0.1, 0.15) is 11.6 Å². The number of allylic oxidation sites excluding steroid dienone is 1. The summed E-state index contributed by atoms with van der Waals surface area (Å²) in [5.41, 5.74) is 7.72. The first-order valence-corrected chi connectivity index (χ1v) is 10.2. The van der Waals surface area contributed by atoms with Gasteiger partial charge in [-0.15, -0.1) is 0 Å². The summed E-state index contributed by atoms with van der Waals surface area (Å²) in [5, 5.41) is 12.8. The summed E-state index contributed by atoms with van der Waals surface area (Å²) in [6.45, 7) is 1.93. The molecule has 0 radical (unpaired) electrons. The Hall–Kier alpha value is -3.65. The van der Waals surface area contributed by atoms with Gasteiger partial charge in [0, 0.05) is 17.7 Å². The Bertz CT molecular complexity index is 1190. The molecule has 1 amide bonds. The van der Waals surface area contributed by atoms with E-state index in [0.717, 1.165) is 23.3 Å². The normalized spacial score (nSPS) is 18.2. The van der Waals surface area contributed by atoms with E-state index in [-0.39, 0.29) is 28.6 Å². The van der Waals surface area contributed by atoms with E-state index in [1.165, 1.54) is 24.4 Å². The van der Waals surface area contributed by atoms with E-state index in [0.29, 0.717) is 18.5 Å². The topological polar surface area (TPSA) is 101 Å². The van der Waals surface area contributed by atoms with Crippen LogP contribution in [0.15, 0.2) is 54.9 Å². The molecule has 0 fully saturated rings. The standard InChI is InChI=1S/C24H22F2N4O2/c1-13-11-14(5-8-21(13)31)15-9-10-28-12-20(15)30-24(32)23-18(27)6-7-19(29-23)22-16(25)3-2-4-17(22)26/h2-4,6-7,9-13,21,31H,5,8,27H2,1H3,(H,30,32)/t13-,21+/m1/s1. The van der Waals surface area contributed by atoms with Crippen LogP contribution in [0.2, 0.25) is 0 Å². The minimum absolute atomic E-state index is 0.0138. The van der Waals surface area contributed by atoms with Gasteiger partial charge in [-0.1, -0.05) is 19.1 Å². The number of aliphatic hydroxyl groups excluding tert-OH is 1. The number of anilines is 2. The summed E-state index contributed by atoms with van der Waals surface area (Å²) in [6.07, 6.45) is 5.99. The first-order chi connectivity index (χ1) is 15.3. The quantitative estimate of drug-likeness (QED) is 0.562. The lowest BCUT2D eigenvalue weighted by Gasteiger charge is -2.24. The predicted octanol–water partition coefficient (Wildman–Crippen LogP) is 4.43. The van der Waals surface area contributed by atoms with Crippen LogP contribution in [0.3, 0.4) is 0 Å². The number of nitrogens with two attached hydrogens (primary N) is 1. The van der Waals surface area contributed by atoms with E-state index in [9.17, 15) is 18.7 Å². The molecule has 0 bridgehead atoms. The van der Waals surface area contributed by atoms with Crippen molar-refractivity contribution in [3.8, 4) is 11.3 Å². The summed E-state index contributed by atoms with van der Waals surface area (Å²) in [6, 6.07) is 8.03. The number of pyridine rings is 2. The van der Waals surface area contributed by atoms with Crippen molar-refractivity contribution in [3.63, 3.8) is 0 Å². The van der Waals surface area contributed by atoms with Gasteiger partial charge in [-0.25, -0.2) is 13.8 Å². The molecule has 164 valence electrons. The van der Waals surface area contributed by atoms with E-state index >= 15 is 0 Å². The largest absolute Gasteiger partial charge is 0.397 e. The van der Waals surface area contributed by atoms with Crippen LogP contribution in [-0.2, 0) is 0 Å². The summed E-state index contributed by atoms with van der Waals surface area (Å²) in [7, 11) is 0. The molecule has 32 heavy (non-hydrogen) atoms. The number of carbonyl (C=O) groups is 1. The van der Waals surface area contributed by atoms with Crippen LogP contribution in [0.4, 0.5) is 20.2 Å². The number of hydrogen-bond acceptors (Lipinski definition) is 5. The van der Waals surface area contributed by atoms with Crippen molar-refractivity contribution >= 4 is 22.9 Å². The molecule has 3 aromatic rings. The number of nitrogens with zero attached hydrogens (tertiary/aromatic N) is 2. The third-order valence-corrected chi connectivity index (χ3v) is 5.56. The second kappa shape index (κ2) is 8.84. The molecule has 1 aromatic carbocycles. The van der Waals surface area contributed by atoms with E-state index < -0.39 is 23.6 Å². The van der Waals surface area contributed by atoms with E-state index in [4.69, 9.17) is 5.73 Å². The molecule has 0 spiro atoms. The van der Waals surface area contributed by atoms with Gasteiger partial charge in [-0.05, 0) is 48.7 Å². The lowest BCUT2D eigenvalue weighted by molar-refractivity contribution is 0.102. The maximum atomic E-state index is 14.2. The highest BCUT2D eigenvalue weighted by atomic mass is 19.1. The Morgan fingerprint density at radius 1 is 1.19 bits per heavy atom. The first-order valence-electron chi connectivity index (χ1n) is 10.2. The number of hydrogen-bond donors (Lipinski definition) is 3. The molecular formula is C24H22F2N4O2. The number of halogens is 2. The van der Waals surface area contributed by atoms with Crippen LogP contribution in [0.25, 0.3) is 16.8 Å². The molecule has 0 saturated carbocycles. The van der Waals surface area contributed by atoms with Crippen LogP contribution >= 0.6 is 0 Å². The van der Waals surface area contributed by atoms with Crippen molar-refractivity contribution in [1.29, 1.82) is 0 Å². The molecule has 0 aliphatic heterocycles. The van der Waals surface area contributed by atoms with Crippen LogP contribution in [0.1, 0.15) is 35.8 Å². The van der Waals surface area contributed by atoms with Crippen molar-refractivity contribution in [2.45, 2.75) is 25.9 Å². The SMILES string of the molecule is C[C@@H]1C=C(c2ccncc2NC(=O)c2nc(-c3c(F)cccc3F)ccc2N)CC[C@@H]1O. The second-order valence-electron chi connectivity index (χ2n) is 7.76. The fraction of sp³-hybridized carbons (Fsp3) is 0.208. The number of nitrogen functional groups attached to an aromatic ring is 1. The lowest BCUT2D eigenvalue weighted by atomic mass is 9.86. The van der Waals surface area contributed by atoms with Gasteiger partial charge in [0.15, 0.2) is 5.69 Å². The third kappa shape index (κ3) is 4.22. The van der Waals surface area contributed by atoms with Crippen LogP contribution < -0.4 is 11.1 Å². The summed E-state index contributed by atoms with van der Waals surface area (Å²) >= 11 is 0. The van der Waals surface area contributed by atoms with Crippen molar-refractivity contribution in [2.75, 3.05) is 11.1 Å². The van der Waals surface area contributed by atoms with Crippen molar-refractivity contribution < 1.29 is 18.7 Å². The molecule has 2 atom stereocenters. The molecule has 2 aromatic heterocycles. The Labute approximate surface area is 183 Å². The van der Waals surface area contributed by atoms with Gasteiger partial charge in [-0.2, -0.15) is 0 Å². The molecule has 0 saturated heterocycles. The van der Waals surface area contributed by atoms with Crippen molar-refractivity contribution in [3.05, 3.63) is 77.8 Å². The fourth-order valence-electron chi connectivity index (χ4n) is 3.79. The predicted molar refractivity (Wildman–Crippen MR) is 119 cm³/mol. The van der Waals surface area contributed by atoms with Crippen LogP contribution in [0, 0.1) is 17.6 Å². The minimum atomic E-state index is -0.788.